The highest BCUT2D eigenvalue weighted by molar-refractivity contribution is 6.29. The summed E-state index contributed by atoms with van der Waals surface area (Å²) in [6.45, 7) is 7.28. The van der Waals surface area contributed by atoms with Crippen LogP contribution >= 0.6 is 11.6 Å². The van der Waals surface area contributed by atoms with Gasteiger partial charge in [0.1, 0.15) is 5.15 Å². The number of nitrogens with one attached hydrogen (secondary N) is 1. The monoisotopic (exact) mass is 311 g/mol. The van der Waals surface area contributed by atoms with Gasteiger partial charge in [-0.1, -0.05) is 25.4 Å². The Balaban J connectivity index is 2.06. The van der Waals surface area contributed by atoms with Crippen LogP contribution in [0.1, 0.15) is 32.3 Å². The summed E-state index contributed by atoms with van der Waals surface area (Å²) in [5.41, 5.74) is 1.59. The maximum Gasteiger partial charge on any atom is 0.322 e. The summed E-state index contributed by atoms with van der Waals surface area (Å²) in [4.78, 5) is 18.3. The van der Waals surface area contributed by atoms with Crippen molar-refractivity contribution >= 4 is 23.3 Å². The van der Waals surface area contributed by atoms with E-state index in [0.29, 0.717) is 23.9 Å². The first-order chi connectivity index (χ1) is 10.0. The molecule has 1 N–H and O–H groups in total. The maximum absolute atomic E-state index is 12.4. The van der Waals surface area contributed by atoms with Crippen molar-refractivity contribution in [3.8, 4) is 0 Å². The van der Waals surface area contributed by atoms with Crippen LogP contribution in [0.15, 0.2) is 12.3 Å². The topological polar surface area (TPSA) is 54.5 Å². The van der Waals surface area contributed by atoms with Crippen molar-refractivity contribution in [3.63, 3.8) is 0 Å². The number of anilines is 1. The average molecular weight is 312 g/mol. The van der Waals surface area contributed by atoms with Crippen LogP contribution in [0.25, 0.3) is 0 Å². The number of ether oxygens (including phenoxy) is 1. The van der Waals surface area contributed by atoms with Crippen LogP contribution in [0.4, 0.5) is 10.5 Å². The molecule has 5 nitrogen and oxygen atoms in total. The van der Waals surface area contributed by atoms with Crippen LogP contribution in [0.2, 0.25) is 5.15 Å². The van der Waals surface area contributed by atoms with Gasteiger partial charge in [0, 0.05) is 25.0 Å². The molecule has 6 heteroatoms. The molecule has 21 heavy (non-hydrogen) atoms. The molecule has 0 spiro atoms. The van der Waals surface area contributed by atoms with Gasteiger partial charge in [0.25, 0.3) is 0 Å². The van der Waals surface area contributed by atoms with Crippen molar-refractivity contribution < 1.29 is 9.53 Å². The van der Waals surface area contributed by atoms with Crippen LogP contribution in [0.3, 0.4) is 0 Å². The summed E-state index contributed by atoms with van der Waals surface area (Å²) >= 11 is 5.88. The minimum atomic E-state index is -0.111. The average Bonchev–Trinajstić information content (AvgIpc) is 2.50. The second-order valence-corrected chi connectivity index (χ2v) is 5.74. The fraction of sp³-hybridized carbons (Fsp3) is 0.600. The zero-order valence-electron chi connectivity index (χ0n) is 12.7. The van der Waals surface area contributed by atoms with Crippen molar-refractivity contribution in [1.29, 1.82) is 0 Å². The molecular formula is C15H22ClN3O2. The number of aryl methyl sites for hydroxylation is 1. The van der Waals surface area contributed by atoms with Gasteiger partial charge in [-0.3, -0.25) is 0 Å². The highest BCUT2D eigenvalue weighted by Gasteiger charge is 2.29. The predicted molar refractivity (Wildman–Crippen MR) is 83.8 cm³/mol. The van der Waals surface area contributed by atoms with Crippen LogP contribution in [-0.2, 0) is 4.74 Å². The molecule has 2 atom stereocenters. The molecule has 1 aromatic heterocycles. The Morgan fingerprint density at radius 2 is 2.05 bits per heavy atom. The highest BCUT2D eigenvalue weighted by Crippen LogP contribution is 2.20. The fourth-order valence-corrected chi connectivity index (χ4v) is 2.53. The molecule has 0 bridgehead atoms. The molecular weight excluding hydrogens is 290 g/mol. The first kappa shape index (κ1) is 16.0. The van der Waals surface area contributed by atoms with Crippen LogP contribution in [0, 0.1) is 6.92 Å². The number of carbonyl (C=O) groups is 1. The first-order valence-electron chi connectivity index (χ1n) is 7.37. The Morgan fingerprint density at radius 1 is 1.43 bits per heavy atom. The van der Waals surface area contributed by atoms with Crippen molar-refractivity contribution in [2.45, 2.75) is 45.8 Å². The number of hydrogen-bond acceptors (Lipinski definition) is 3. The Hall–Kier alpha value is -1.33. The van der Waals surface area contributed by atoms with E-state index in [1.807, 2.05) is 11.8 Å². The number of aromatic nitrogens is 1. The molecule has 2 rings (SSSR count). The number of carbonyl (C=O) groups excluding carboxylic acids is 1. The van der Waals surface area contributed by atoms with Gasteiger partial charge < -0.3 is 15.0 Å². The Morgan fingerprint density at radius 3 is 2.62 bits per heavy atom. The van der Waals surface area contributed by atoms with Crippen molar-refractivity contribution in [2.75, 3.05) is 18.4 Å². The molecule has 1 saturated heterocycles. The Labute approximate surface area is 130 Å². The molecule has 2 amide bonds. The van der Waals surface area contributed by atoms with Gasteiger partial charge in [0.2, 0.25) is 0 Å². The molecule has 1 fully saturated rings. The van der Waals surface area contributed by atoms with Crippen LogP contribution in [-0.4, -0.2) is 41.2 Å². The molecule has 2 unspecified atom stereocenters. The van der Waals surface area contributed by atoms with Gasteiger partial charge in [-0.2, -0.15) is 0 Å². The minimum absolute atomic E-state index is 0.108. The predicted octanol–water partition coefficient (Wildman–Crippen LogP) is 3.46. The molecule has 1 aliphatic heterocycles. The molecule has 1 aromatic rings. The number of halogens is 1. The number of morpholine rings is 1. The normalized spacial score (nSPS) is 22.2. The van der Waals surface area contributed by atoms with Gasteiger partial charge in [-0.25, -0.2) is 9.78 Å². The number of urea groups is 1. The standard InChI is InChI=1S/C15H22ClN3O2/c1-4-11-8-19(9-12(5-2)21-11)15(20)18-13-6-14(16)17-7-10(13)3/h6-7,11-12H,4-5,8-9H2,1-3H3,(H,17,18,20). The highest BCUT2D eigenvalue weighted by atomic mass is 35.5. The van der Waals surface area contributed by atoms with Gasteiger partial charge in [0.05, 0.1) is 12.2 Å². The third kappa shape index (κ3) is 4.08. The van der Waals surface area contributed by atoms with E-state index in [2.05, 4.69) is 24.1 Å². The molecule has 0 saturated carbocycles. The van der Waals surface area contributed by atoms with Crippen LogP contribution in [0.5, 0.6) is 0 Å². The molecule has 2 heterocycles. The lowest BCUT2D eigenvalue weighted by atomic mass is 10.1. The molecule has 0 aromatic carbocycles. The Bertz CT molecular complexity index is 498. The zero-order valence-corrected chi connectivity index (χ0v) is 13.5. The maximum atomic E-state index is 12.4. The summed E-state index contributed by atoms with van der Waals surface area (Å²) in [7, 11) is 0. The summed E-state index contributed by atoms with van der Waals surface area (Å²) in [6.07, 6.45) is 3.68. The lowest BCUT2D eigenvalue weighted by Crippen LogP contribution is -2.51. The van der Waals surface area contributed by atoms with E-state index >= 15 is 0 Å². The van der Waals surface area contributed by atoms with E-state index in [9.17, 15) is 4.79 Å². The lowest BCUT2D eigenvalue weighted by molar-refractivity contribution is -0.0729. The van der Waals surface area contributed by atoms with Crippen molar-refractivity contribution in [3.05, 3.63) is 23.0 Å². The van der Waals surface area contributed by atoms with Gasteiger partial charge in [-0.05, 0) is 31.4 Å². The first-order valence-corrected chi connectivity index (χ1v) is 7.74. The minimum Gasteiger partial charge on any atom is -0.371 e. The summed E-state index contributed by atoms with van der Waals surface area (Å²) in [5, 5.41) is 3.29. The summed E-state index contributed by atoms with van der Waals surface area (Å²) in [6, 6.07) is 1.56. The fourth-order valence-electron chi connectivity index (χ4n) is 2.37. The van der Waals surface area contributed by atoms with Crippen molar-refractivity contribution in [2.24, 2.45) is 0 Å². The number of rotatable bonds is 3. The smallest absolute Gasteiger partial charge is 0.322 e. The third-order valence-electron chi connectivity index (χ3n) is 3.74. The van der Waals surface area contributed by atoms with E-state index in [1.165, 1.54) is 0 Å². The summed E-state index contributed by atoms with van der Waals surface area (Å²) < 4.78 is 5.91. The molecule has 0 radical (unpaired) electrons. The molecule has 116 valence electrons. The van der Waals surface area contributed by atoms with Crippen molar-refractivity contribution in [1.82, 2.24) is 9.88 Å². The van der Waals surface area contributed by atoms with E-state index < -0.39 is 0 Å². The van der Waals surface area contributed by atoms with E-state index in [-0.39, 0.29) is 18.2 Å². The zero-order chi connectivity index (χ0) is 15.4. The van der Waals surface area contributed by atoms with Gasteiger partial charge in [0.15, 0.2) is 0 Å². The summed E-state index contributed by atoms with van der Waals surface area (Å²) in [5.74, 6) is 0. The number of amides is 2. The second-order valence-electron chi connectivity index (χ2n) is 5.35. The molecule has 1 aliphatic rings. The van der Waals surface area contributed by atoms with Gasteiger partial charge in [-0.15, -0.1) is 0 Å². The largest absolute Gasteiger partial charge is 0.371 e. The SMILES string of the molecule is CCC1CN(C(=O)Nc2cc(Cl)ncc2C)CC(CC)O1. The quantitative estimate of drug-likeness (QED) is 0.870. The second kappa shape index (κ2) is 7.09. The Kier molecular flexibility index (Phi) is 5.42. The molecule has 0 aliphatic carbocycles. The lowest BCUT2D eigenvalue weighted by Gasteiger charge is -2.37. The number of hydrogen-bond donors (Lipinski definition) is 1. The third-order valence-corrected chi connectivity index (χ3v) is 3.95. The number of pyridine rings is 1. The van der Waals surface area contributed by atoms with Crippen LogP contribution < -0.4 is 5.32 Å². The van der Waals surface area contributed by atoms with E-state index in [1.54, 1.807) is 12.3 Å². The van der Waals surface area contributed by atoms with E-state index in [0.717, 1.165) is 18.4 Å². The van der Waals surface area contributed by atoms with Gasteiger partial charge >= 0.3 is 6.03 Å². The number of nitrogens with zero attached hydrogens (tertiary/aromatic N) is 2. The van der Waals surface area contributed by atoms with E-state index in [4.69, 9.17) is 16.3 Å².